The number of Topliss-reactive ketones (excluding diaryl/α,β-unsaturated/α-hetero) is 1. The maximum atomic E-state index is 12.0. The van der Waals surface area contributed by atoms with Crippen molar-refractivity contribution in [3.63, 3.8) is 0 Å². The Bertz CT molecular complexity index is 770. The number of anilines is 1. The van der Waals surface area contributed by atoms with Gasteiger partial charge in [-0.3, -0.25) is 24.5 Å². The minimum absolute atomic E-state index is 0.170. The maximum Gasteiger partial charge on any atom is 0.307 e. The highest BCUT2D eigenvalue weighted by Crippen LogP contribution is 2.36. The quantitative estimate of drug-likeness (QED) is 0.414. The lowest BCUT2D eigenvalue weighted by atomic mass is 9.88. The maximum absolute atomic E-state index is 12.0. The molecule has 1 N–H and O–H groups in total. The summed E-state index contributed by atoms with van der Waals surface area (Å²) in [5, 5.41) is 13.9. The molecule has 1 aliphatic carbocycles. The van der Waals surface area contributed by atoms with Crippen LogP contribution in [0.5, 0.6) is 0 Å². The van der Waals surface area contributed by atoms with Gasteiger partial charge in [0.25, 0.3) is 5.91 Å². The zero-order valence-electron chi connectivity index (χ0n) is 14.4. The predicted molar refractivity (Wildman–Crippen MR) is 98.3 cm³/mol. The van der Waals surface area contributed by atoms with Gasteiger partial charge < -0.3 is 10.1 Å². The molecule has 0 aromatic heterocycles. The van der Waals surface area contributed by atoms with E-state index in [4.69, 9.17) is 27.9 Å². The summed E-state index contributed by atoms with van der Waals surface area (Å²) >= 11 is 11.7. The zero-order chi connectivity index (χ0) is 20.1. The molecule has 0 heterocycles. The van der Waals surface area contributed by atoms with Gasteiger partial charge in [-0.05, 0) is 24.1 Å². The lowest BCUT2D eigenvalue weighted by Crippen LogP contribution is -2.28. The summed E-state index contributed by atoms with van der Waals surface area (Å²) in [5.41, 5.74) is 0.313. The predicted octanol–water partition coefficient (Wildman–Crippen LogP) is 2.98. The largest absolute Gasteiger partial charge is 0.456 e. The number of amides is 1. The third kappa shape index (κ3) is 5.90. The fourth-order valence-electron chi connectivity index (χ4n) is 3.16. The average Bonchev–Trinajstić information content (AvgIpc) is 2.82. The van der Waals surface area contributed by atoms with Crippen molar-refractivity contribution in [2.75, 3.05) is 18.5 Å². The monoisotopic (exact) mass is 416 g/mol. The molecule has 0 unspecified atom stereocenters. The molecule has 1 fully saturated rings. The highest BCUT2D eigenvalue weighted by Gasteiger charge is 2.44. The fraction of sp³-hybridized carbons (Fsp3) is 0.471. The van der Waals surface area contributed by atoms with E-state index in [1.54, 1.807) is 6.92 Å². The molecule has 1 aromatic carbocycles. The van der Waals surface area contributed by atoms with Gasteiger partial charge >= 0.3 is 5.97 Å². The van der Waals surface area contributed by atoms with E-state index in [0.717, 1.165) is 0 Å². The van der Waals surface area contributed by atoms with Gasteiger partial charge in [-0.25, -0.2) is 0 Å². The van der Waals surface area contributed by atoms with Crippen molar-refractivity contribution in [2.24, 2.45) is 17.8 Å². The minimum Gasteiger partial charge on any atom is -0.456 e. The van der Waals surface area contributed by atoms with E-state index in [-0.39, 0.29) is 36.1 Å². The Morgan fingerprint density at radius 1 is 1.37 bits per heavy atom. The van der Waals surface area contributed by atoms with Crippen LogP contribution in [0.15, 0.2) is 18.2 Å². The molecule has 8 nitrogen and oxygen atoms in total. The molecular weight excluding hydrogens is 399 g/mol. The van der Waals surface area contributed by atoms with Crippen molar-refractivity contribution in [3.8, 4) is 0 Å². The van der Waals surface area contributed by atoms with Crippen molar-refractivity contribution < 1.29 is 24.0 Å². The molecular formula is C17H18Cl2N2O6. The number of nitrogens with one attached hydrogen (secondary N) is 1. The Morgan fingerprint density at radius 3 is 2.70 bits per heavy atom. The molecule has 0 radical (unpaired) electrons. The standard InChI is InChI=1S/C17H18Cl2N2O6/c1-9-4-15(22)11(12(9)7-21(25)26)6-17(24)27-8-16(23)20-14-3-2-10(18)5-13(14)19/h2-3,5,9,11-12H,4,6-8H2,1H3,(H,20,23)/t9-,11-,12+/m0/s1. The number of nitrogens with zero attached hydrogens (tertiary/aromatic N) is 1. The van der Waals surface area contributed by atoms with Crippen molar-refractivity contribution >= 4 is 46.5 Å². The number of carbonyl (C=O) groups excluding carboxylic acids is 3. The molecule has 3 atom stereocenters. The Morgan fingerprint density at radius 2 is 2.07 bits per heavy atom. The fourth-order valence-corrected chi connectivity index (χ4v) is 3.62. The first-order valence-corrected chi connectivity index (χ1v) is 8.98. The first kappa shape index (κ1) is 21.1. The number of benzene rings is 1. The number of rotatable bonds is 7. The van der Waals surface area contributed by atoms with Crippen LogP contribution >= 0.6 is 23.2 Å². The van der Waals surface area contributed by atoms with Crippen LogP contribution in [0, 0.1) is 27.9 Å². The Kier molecular flexibility index (Phi) is 7.15. The van der Waals surface area contributed by atoms with Gasteiger partial charge in [0.15, 0.2) is 6.61 Å². The second-order valence-electron chi connectivity index (χ2n) is 6.47. The van der Waals surface area contributed by atoms with Crippen LogP contribution in [0.25, 0.3) is 0 Å². The van der Waals surface area contributed by atoms with Crippen LogP contribution in [0.2, 0.25) is 10.0 Å². The molecule has 0 bridgehead atoms. The number of ether oxygens (including phenoxy) is 1. The Hall–Kier alpha value is -2.19. The summed E-state index contributed by atoms with van der Waals surface area (Å²) in [6.45, 7) is 0.815. The minimum atomic E-state index is -0.758. The van der Waals surface area contributed by atoms with Crippen LogP contribution in [0.1, 0.15) is 19.8 Å². The lowest BCUT2D eigenvalue weighted by molar-refractivity contribution is -0.490. The molecule has 27 heavy (non-hydrogen) atoms. The molecule has 0 spiro atoms. The average molecular weight is 417 g/mol. The van der Waals surface area contributed by atoms with E-state index in [0.29, 0.717) is 10.7 Å². The van der Waals surface area contributed by atoms with E-state index < -0.39 is 35.2 Å². The third-order valence-electron chi connectivity index (χ3n) is 4.50. The summed E-state index contributed by atoms with van der Waals surface area (Å²) in [6.07, 6.45) is -0.0807. The summed E-state index contributed by atoms with van der Waals surface area (Å²) in [6, 6.07) is 4.50. The van der Waals surface area contributed by atoms with Crippen molar-refractivity contribution in [1.82, 2.24) is 0 Å². The smallest absolute Gasteiger partial charge is 0.307 e. The molecule has 146 valence electrons. The van der Waals surface area contributed by atoms with E-state index in [1.807, 2.05) is 0 Å². The Labute approximate surface area is 165 Å². The normalized spacial score (nSPS) is 21.7. The third-order valence-corrected chi connectivity index (χ3v) is 5.05. The zero-order valence-corrected chi connectivity index (χ0v) is 16.0. The van der Waals surface area contributed by atoms with Crippen LogP contribution in [0.3, 0.4) is 0 Å². The van der Waals surface area contributed by atoms with Gasteiger partial charge in [0.05, 0.1) is 17.1 Å². The van der Waals surface area contributed by atoms with Gasteiger partial charge in [0.1, 0.15) is 5.78 Å². The summed E-state index contributed by atoms with van der Waals surface area (Å²) < 4.78 is 4.90. The van der Waals surface area contributed by atoms with Crippen LogP contribution in [0.4, 0.5) is 5.69 Å². The van der Waals surface area contributed by atoms with Crippen LogP contribution in [-0.4, -0.2) is 35.7 Å². The van der Waals surface area contributed by atoms with Crippen LogP contribution in [-0.2, 0) is 19.1 Å². The number of hydrogen-bond acceptors (Lipinski definition) is 6. The van der Waals surface area contributed by atoms with Crippen LogP contribution < -0.4 is 5.32 Å². The lowest BCUT2D eigenvalue weighted by Gasteiger charge is -2.17. The van der Waals surface area contributed by atoms with Gasteiger partial charge in [-0.1, -0.05) is 30.1 Å². The van der Waals surface area contributed by atoms with Crippen molar-refractivity contribution in [2.45, 2.75) is 19.8 Å². The van der Waals surface area contributed by atoms with Gasteiger partial charge in [0, 0.05) is 28.2 Å². The molecule has 0 aliphatic heterocycles. The second kappa shape index (κ2) is 9.14. The Balaban J connectivity index is 1.86. The number of ketones is 1. The van der Waals surface area contributed by atoms with E-state index >= 15 is 0 Å². The SMILES string of the molecule is C[C@H]1CC(=O)[C@@H](CC(=O)OCC(=O)Nc2ccc(Cl)cc2Cl)[C@@H]1C[N+](=O)[O-]. The molecule has 1 aromatic rings. The van der Waals surface area contributed by atoms with E-state index in [9.17, 15) is 24.5 Å². The molecule has 0 saturated heterocycles. The second-order valence-corrected chi connectivity index (χ2v) is 7.31. The summed E-state index contributed by atoms with van der Waals surface area (Å²) in [5.74, 6) is -3.00. The molecule has 2 rings (SSSR count). The highest BCUT2D eigenvalue weighted by molar-refractivity contribution is 6.36. The van der Waals surface area contributed by atoms with Crippen molar-refractivity contribution in [1.29, 1.82) is 0 Å². The van der Waals surface area contributed by atoms with Gasteiger partial charge in [-0.15, -0.1) is 0 Å². The first-order chi connectivity index (χ1) is 12.7. The summed E-state index contributed by atoms with van der Waals surface area (Å²) in [7, 11) is 0. The number of hydrogen-bond donors (Lipinski definition) is 1. The topological polar surface area (TPSA) is 116 Å². The van der Waals surface area contributed by atoms with E-state index in [2.05, 4.69) is 5.32 Å². The molecule has 1 amide bonds. The summed E-state index contributed by atoms with van der Waals surface area (Å²) in [4.78, 5) is 46.2. The molecule has 1 aliphatic rings. The highest BCUT2D eigenvalue weighted by atomic mass is 35.5. The number of nitro groups is 1. The van der Waals surface area contributed by atoms with Gasteiger partial charge in [0.2, 0.25) is 6.54 Å². The number of esters is 1. The first-order valence-electron chi connectivity index (χ1n) is 8.22. The van der Waals surface area contributed by atoms with Crippen molar-refractivity contribution in [3.05, 3.63) is 38.4 Å². The molecule has 1 saturated carbocycles. The number of halogens is 2. The van der Waals surface area contributed by atoms with E-state index in [1.165, 1.54) is 18.2 Å². The number of carbonyl (C=O) groups is 3. The molecule has 10 heteroatoms. The van der Waals surface area contributed by atoms with Gasteiger partial charge in [-0.2, -0.15) is 0 Å².